The smallest absolute Gasteiger partial charge is 0.256 e. The van der Waals surface area contributed by atoms with E-state index >= 15 is 0 Å². The standard InChI is InChI=1S/C14H18F2N2O2/c15-11-6-10(13(17)7-12(11)16)14(20)18-4-1-2-9(8-18)3-5-19/h6-7,9,19H,1-5,8,17H2. The highest BCUT2D eigenvalue weighted by molar-refractivity contribution is 5.99. The predicted molar refractivity (Wildman–Crippen MR) is 71.1 cm³/mol. The number of nitrogens with two attached hydrogens (primary N) is 1. The van der Waals surface area contributed by atoms with Crippen LogP contribution in [-0.4, -0.2) is 35.6 Å². The Morgan fingerprint density at radius 2 is 2.10 bits per heavy atom. The van der Waals surface area contributed by atoms with Crippen molar-refractivity contribution >= 4 is 11.6 Å². The highest BCUT2D eigenvalue weighted by atomic mass is 19.2. The number of aliphatic hydroxyl groups is 1. The molecule has 1 aromatic rings. The van der Waals surface area contributed by atoms with E-state index in [1.807, 2.05) is 0 Å². The summed E-state index contributed by atoms with van der Waals surface area (Å²) < 4.78 is 26.3. The summed E-state index contributed by atoms with van der Waals surface area (Å²) in [5.74, 6) is -2.28. The van der Waals surface area contributed by atoms with Crippen LogP contribution in [0.15, 0.2) is 12.1 Å². The number of likely N-dealkylation sites (tertiary alicyclic amines) is 1. The van der Waals surface area contributed by atoms with Crippen molar-refractivity contribution in [2.75, 3.05) is 25.4 Å². The number of anilines is 1. The highest BCUT2D eigenvalue weighted by Crippen LogP contribution is 2.24. The van der Waals surface area contributed by atoms with Crippen LogP contribution in [0.3, 0.4) is 0 Å². The minimum Gasteiger partial charge on any atom is -0.398 e. The summed E-state index contributed by atoms with van der Waals surface area (Å²) in [6.07, 6.45) is 2.43. The van der Waals surface area contributed by atoms with Crippen LogP contribution in [0.1, 0.15) is 29.6 Å². The second-order valence-corrected chi connectivity index (χ2v) is 5.13. The van der Waals surface area contributed by atoms with E-state index in [0.717, 1.165) is 25.0 Å². The van der Waals surface area contributed by atoms with Gasteiger partial charge in [0.1, 0.15) is 0 Å². The fourth-order valence-corrected chi connectivity index (χ4v) is 2.59. The van der Waals surface area contributed by atoms with E-state index in [9.17, 15) is 13.6 Å². The van der Waals surface area contributed by atoms with Gasteiger partial charge in [-0.2, -0.15) is 0 Å². The zero-order valence-corrected chi connectivity index (χ0v) is 11.1. The monoisotopic (exact) mass is 284 g/mol. The van der Waals surface area contributed by atoms with Gasteiger partial charge < -0.3 is 15.7 Å². The molecule has 1 amide bonds. The highest BCUT2D eigenvalue weighted by Gasteiger charge is 2.26. The Hall–Kier alpha value is -1.69. The third-order valence-corrected chi connectivity index (χ3v) is 3.67. The Morgan fingerprint density at radius 3 is 2.80 bits per heavy atom. The van der Waals surface area contributed by atoms with Crippen LogP contribution in [0, 0.1) is 17.6 Å². The van der Waals surface area contributed by atoms with Gasteiger partial charge in [-0.3, -0.25) is 4.79 Å². The molecule has 1 aliphatic heterocycles. The quantitative estimate of drug-likeness (QED) is 0.831. The molecule has 0 aliphatic carbocycles. The van der Waals surface area contributed by atoms with E-state index in [0.29, 0.717) is 19.5 Å². The lowest BCUT2D eigenvalue weighted by Crippen LogP contribution is -2.40. The summed E-state index contributed by atoms with van der Waals surface area (Å²) >= 11 is 0. The van der Waals surface area contributed by atoms with E-state index in [4.69, 9.17) is 10.8 Å². The lowest BCUT2D eigenvalue weighted by molar-refractivity contribution is 0.0654. The van der Waals surface area contributed by atoms with Gasteiger partial charge in [0.15, 0.2) is 11.6 Å². The first-order valence-corrected chi connectivity index (χ1v) is 6.67. The van der Waals surface area contributed by atoms with Gasteiger partial charge in [-0.25, -0.2) is 8.78 Å². The zero-order chi connectivity index (χ0) is 14.7. The van der Waals surface area contributed by atoms with Crippen molar-refractivity contribution in [2.24, 2.45) is 5.92 Å². The number of nitrogen functional groups attached to an aromatic ring is 1. The van der Waals surface area contributed by atoms with Crippen LogP contribution in [0.2, 0.25) is 0 Å². The Labute approximate surface area is 116 Å². The zero-order valence-electron chi connectivity index (χ0n) is 11.1. The average Bonchev–Trinajstić information content (AvgIpc) is 2.43. The van der Waals surface area contributed by atoms with Crippen molar-refractivity contribution in [3.8, 4) is 0 Å². The van der Waals surface area contributed by atoms with Crippen molar-refractivity contribution < 1.29 is 18.7 Å². The third-order valence-electron chi connectivity index (χ3n) is 3.67. The van der Waals surface area contributed by atoms with Gasteiger partial charge in [0.25, 0.3) is 5.91 Å². The SMILES string of the molecule is Nc1cc(F)c(F)cc1C(=O)N1CCCC(CCO)C1. The number of hydrogen-bond acceptors (Lipinski definition) is 3. The first-order valence-electron chi connectivity index (χ1n) is 6.67. The van der Waals surface area contributed by atoms with Gasteiger partial charge in [-0.1, -0.05) is 0 Å². The minimum absolute atomic E-state index is 0.00597. The Morgan fingerprint density at radius 1 is 1.40 bits per heavy atom. The summed E-state index contributed by atoms with van der Waals surface area (Å²) in [6.45, 7) is 1.16. The fraction of sp³-hybridized carbons (Fsp3) is 0.500. The molecule has 20 heavy (non-hydrogen) atoms. The summed E-state index contributed by atoms with van der Waals surface area (Å²) in [6, 6.07) is 1.68. The number of nitrogens with zero attached hydrogens (tertiary/aromatic N) is 1. The number of halogens is 2. The number of rotatable bonds is 3. The maximum Gasteiger partial charge on any atom is 0.256 e. The van der Waals surface area contributed by atoms with Gasteiger partial charge in [0.05, 0.1) is 5.56 Å². The summed E-state index contributed by atoms with van der Waals surface area (Å²) in [5, 5.41) is 8.96. The molecule has 1 atom stereocenters. The molecule has 3 N–H and O–H groups in total. The molecule has 1 aliphatic rings. The molecule has 110 valence electrons. The van der Waals surface area contributed by atoms with Gasteiger partial charge in [-0.15, -0.1) is 0 Å². The molecule has 1 heterocycles. The normalized spacial score (nSPS) is 19.1. The molecule has 4 nitrogen and oxygen atoms in total. The summed E-state index contributed by atoms with van der Waals surface area (Å²) in [7, 11) is 0. The fourth-order valence-electron chi connectivity index (χ4n) is 2.59. The molecule has 0 spiro atoms. The maximum atomic E-state index is 13.2. The van der Waals surface area contributed by atoms with Crippen molar-refractivity contribution in [3.63, 3.8) is 0 Å². The molecule has 1 aromatic carbocycles. The summed E-state index contributed by atoms with van der Waals surface area (Å²) in [4.78, 5) is 13.9. The number of carbonyl (C=O) groups excluding carboxylic acids is 1. The molecule has 1 fully saturated rings. The lowest BCUT2D eigenvalue weighted by Gasteiger charge is -2.32. The Kier molecular flexibility index (Phi) is 4.54. The van der Waals surface area contributed by atoms with Gasteiger partial charge in [0, 0.05) is 31.5 Å². The van der Waals surface area contributed by atoms with Crippen molar-refractivity contribution in [1.82, 2.24) is 4.90 Å². The number of hydrogen-bond donors (Lipinski definition) is 2. The number of piperidine rings is 1. The van der Waals surface area contributed by atoms with Gasteiger partial charge in [0.2, 0.25) is 0 Å². The van der Waals surface area contributed by atoms with Gasteiger partial charge >= 0.3 is 0 Å². The van der Waals surface area contributed by atoms with E-state index in [1.54, 1.807) is 4.90 Å². The average molecular weight is 284 g/mol. The van der Waals surface area contributed by atoms with Crippen LogP contribution in [0.5, 0.6) is 0 Å². The second-order valence-electron chi connectivity index (χ2n) is 5.13. The van der Waals surface area contributed by atoms with Crippen LogP contribution in [0.25, 0.3) is 0 Å². The third kappa shape index (κ3) is 3.07. The van der Waals surface area contributed by atoms with Crippen LogP contribution in [-0.2, 0) is 0 Å². The molecular formula is C14H18F2N2O2. The number of carbonyl (C=O) groups is 1. The van der Waals surface area contributed by atoms with E-state index < -0.39 is 11.6 Å². The molecule has 6 heteroatoms. The van der Waals surface area contributed by atoms with Crippen LogP contribution >= 0.6 is 0 Å². The first kappa shape index (κ1) is 14.7. The topological polar surface area (TPSA) is 66.6 Å². The van der Waals surface area contributed by atoms with Crippen LogP contribution < -0.4 is 5.73 Å². The summed E-state index contributed by atoms with van der Waals surface area (Å²) in [5.41, 5.74) is 5.53. The first-order chi connectivity index (χ1) is 9.52. The number of amides is 1. The maximum absolute atomic E-state index is 13.2. The molecule has 0 radical (unpaired) electrons. The van der Waals surface area contributed by atoms with E-state index in [2.05, 4.69) is 0 Å². The molecule has 1 unspecified atom stereocenters. The van der Waals surface area contributed by atoms with Crippen molar-refractivity contribution in [1.29, 1.82) is 0 Å². The Balaban J connectivity index is 2.16. The molecule has 2 rings (SSSR count). The van der Waals surface area contributed by atoms with Crippen molar-refractivity contribution in [2.45, 2.75) is 19.3 Å². The van der Waals surface area contributed by atoms with E-state index in [1.165, 1.54) is 0 Å². The van der Waals surface area contributed by atoms with Crippen molar-refractivity contribution in [3.05, 3.63) is 29.3 Å². The molecule has 0 aromatic heterocycles. The second kappa shape index (κ2) is 6.17. The molecule has 1 saturated heterocycles. The van der Waals surface area contributed by atoms with Gasteiger partial charge in [-0.05, 0) is 31.2 Å². The predicted octanol–water partition coefficient (Wildman–Crippen LogP) is 1.78. The van der Waals surface area contributed by atoms with E-state index in [-0.39, 0.29) is 29.7 Å². The Bertz CT molecular complexity index is 506. The molecular weight excluding hydrogens is 266 g/mol. The largest absolute Gasteiger partial charge is 0.398 e. The molecule has 0 saturated carbocycles. The minimum atomic E-state index is -1.08. The molecule has 0 bridgehead atoms. The van der Waals surface area contributed by atoms with Crippen LogP contribution in [0.4, 0.5) is 14.5 Å². The lowest BCUT2D eigenvalue weighted by atomic mass is 9.94. The number of benzene rings is 1. The number of aliphatic hydroxyl groups excluding tert-OH is 1.